The lowest BCUT2D eigenvalue weighted by molar-refractivity contribution is 0.00217. The molecule has 0 spiro atoms. The Morgan fingerprint density at radius 1 is 1.24 bits per heavy atom. The summed E-state index contributed by atoms with van der Waals surface area (Å²) in [5, 5.41) is 0.984. The van der Waals surface area contributed by atoms with E-state index in [0.29, 0.717) is 17.4 Å². The molecule has 1 saturated carbocycles. The number of piperidine rings is 1. The van der Waals surface area contributed by atoms with E-state index in [9.17, 15) is 4.79 Å². The zero-order valence-electron chi connectivity index (χ0n) is 14.8. The first-order chi connectivity index (χ1) is 11.9. The number of pyridine rings is 2. The van der Waals surface area contributed by atoms with Crippen LogP contribution < -0.4 is 4.74 Å². The van der Waals surface area contributed by atoms with Crippen molar-refractivity contribution in [2.24, 2.45) is 5.92 Å². The molecule has 3 atom stereocenters. The minimum atomic E-state index is -0.485. The molecular weight excluding hydrogens is 318 g/mol. The summed E-state index contributed by atoms with van der Waals surface area (Å²) in [5.41, 5.74) is 0.188. The van der Waals surface area contributed by atoms with Gasteiger partial charge in [0.15, 0.2) is 5.65 Å². The Labute approximate surface area is 147 Å². The first kappa shape index (κ1) is 16.1. The molecule has 2 fully saturated rings. The molecule has 4 rings (SSSR count). The highest BCUT2D eigenvalue weighted by Crippen LogP contribution is 2.40. The van der Waals surface area contributed by atoms with Gasteiger partial charge in [0.25, 0.3) is 0 Å². The Balaban J connectivity index is 1.48. The van der Waals surface area contributed by atoms with Gasteiger partial charge in [-0.1, -0.05) is 0 Å². The maximum absolute atomic E-state index is 12.4. The van der Waals surface area contributed by atoms with Crippen molar-refractivity contribution in [3.63, 3.8) is 0 Å². The van der Waals surface area contributed by atoms with E-state index in [2.05, 4.69) is 9.97 Å². The van der Waals surface area contributed by atoms with Gasteiger partial charge in [0, 0.05) is 24.2 Å². The quantitative estimate of drug-likeness (QED) is 0.837. The van der Waals surface area contributed by atoms with Crippen LogP contribution in [0.2, 0.25) is 0 Å². The summed E-state index contributed by atoms with van der Waals surface area (Å²) in [6.07, 6.45) is 3.35. The minimum absolute atomic E-state index is 0.0417. The molecule has 2 bridgehead atoms. The van der Waals surface area contributed by atoms with Crippen LogP contribution in [0.15, 0.2) is 30.5 Å². The van der Waals surface area contributed by atoms with Gasteiger partial charge in [0.2, 0.25) is 5.88 Å². The first-order valence-electron chi connectivity index (χ1n) is 8.77. The SMILES string of the molecule is CC(C)(C)OC(=O)N1C[C@H]2C[C@@H](Oc3ccc4cccnc4n3)[C@@H]1C2. The molecule has 2 aromatic heterocycles. The molecule has 25 heavy (non-hydrogen) atoms. The average Bonchev–Trinajstić information content (AvgIpc) is 3.13. The van der Waals surface area contributed by atoms with Gasteiger partial charge < -0.3 is 14.4 Å². The van der Waals surface area contributed by atoms with Crippen LogP contribution in [-0.2, 0) is 4.74 Å². The highest BCUT2D eigenvalue weighted by molar-refractivity contribution is 5.74. The predicted octanol–water partition coefficient (Wildman–Crippen LogP) is 3.41. The van der Waals surface area contributed by atoms with E-state index in [-0.39, 0.29) is 18.2 Å². The normalized spacial score (nSPS) is 25.4. The van der Waals surface area contributed by atoms with Gasteiger partial charge in [-0.2, -0.15) is 4.98 Å². The van der Waals surface area contributed by atoms with Gasteiger partial charge in [0.1, 0.15) is 11.7 Å². The molecule has 1 amide bonds. The second kappa shape index (κ2) is 5.86. The van der Waals surface area contributed by atoms with Gasteiger partial charge in [-0.25, -0.2) is 9.78 Å². The fourth-order valence-corrected chi connectivity index (χ4v) is 3.78. The van der Waals surface area contributed by atoms with Crippen LogP contribution in [0.25, 0.3) is 11.0 Å². The molecule has 2 aromatic rings. The third-order valence-corrected chi connectivity index (χ3v) is 4.76. The summed E-state index contributed by atoms with van der Waals surface area (Å²) in [7, 11) is 0. The van der Waals surface area contributed by atoms with E-state index < -0.39 is 5.60 Å². The lowest BCUT2D eigenvalue weighted by Crippen LogP contribution is -2.48. The molecule has 1 aliphatic heterocycles. The second-order valence-corrected chi connectivity index (χ2v) is 7.89. The van der Waals surface area contributed by atoms with Crippen LogP contribution in [0.1, 0.15) is 33.6 Å². The second-order valence-electron chi connectivity index (χ2n) is 7.89. The van der Waals surface area contributed by atoms with Gasteiger partial charge in [-0.15, -0.1) is 0 Å². The van der Waals surface area contributed by atoms with E-state index in [1.165, 1.54) is 0 Å². The van der Waals surface area contributed by atoms with Crippen LogP contribution in [0.4, 0.5) is 4.79 Å². The molecule has 6 nitrogen and oxygen atoms in total. The monoisotopic (exact) mass is 341 g/mol. The minimum Gasteiger partial charge on any atom is -0.472 e. The zero-order chi connectivity index (χ0) is 17.6. The third-order valence-electron chi connectivity index (χ3n) is 4.76. The van der Waals surface area contributed by atoms with Crippen LogP contribution >= 0.6 is 0 Å². The third kappa shape index (κ3) is 3.25. The molecule has 1 aliphatic carbocycles. The number of likely N-dealkylation sites (tertiary alicyclic amines) is 1. The van der Waals surface area contributed by atoms with Crippen molar-refractivity contribution in [1.82, 2.24) is 14.9 Å². The summed E-state index contributed by atoms with van der Waals surface area (Å²) in [5.74, 6) is 1.04. The molecular formula is C19H23N3O3. The highest BCUT2D eigenvalue weighted by atomic mass is 16.6. The molecule has 3 heterocycles. The summed E-state index contributed by atoms with van der Waals surface area (Å²) in [4.78, 5) is 23.0. The standard InChI is InChI=1S/C19H23N3O3/c1-19(2,3)25-18(23)22-11-12-9-14(22)15(10-12)24-16-7-6-13-5-4-8-20-17(13)21-16/h4-8,12,14-15H,9-11H2,1-3H3/t12-,14+,15-/m1/s1. The number of hydrogen-bond donors (Lipinski definition) is 0. The van der Waals surface area contributed by atoms with Gasteiger partial charge >= 0.3 is 6.09 Å². The first-order valence-corrected chi connectivity index (χ1v) is 8.77. The smallest absolute Gasteiger partial charge is 0.410 e. The van der Waals surface area contributed by atoms with Crippen molar-refractivity contribution < 1.29 is 14.3 Å². The van der Waals surface area contributed by atoms with Crippen LogP contribution in [-0.4, -0.2) is 45.3 Å². The molecule has 0 unspecified atom stereocenters. The maximum atomic E-state index is 12.4. The number of hydrogen-bond acceptors (Lipinski definition) is 5. The summed E-state index contributed by atoms with van der Waals surface area (Å²) >= 11 is 0. The van der Waals surface area contributed by atoms with E-state index in [0.717, 1.165) is 24.8 Å². The summed E-state index contributed by atoms with van der Waals surface area (Å²) in [6.45, 7) is 6.42. The molecule has 0 radical (unpaired) electrons. The Hall–Kier alpha value is -2.37. The number of fused-ring (bicyclic) bond motifs is 3. The van der Waals surface area contributed by atoms with Crippen molar-refractivity contribution in [3.05, 3.63) is 30.5 Å². The molecule has 6 heteroatoms. The van der Waals surface area contributed by atoms with Crippen molar-refractivity contribution in [2.75, 3.05) is 6.54 Å². The number of amides is 1. The predicted molar refractivity (Wildman–Crippen MR) is 93.4 cm³/mol. The van der Waals surface area contributed by atoms with Crippen LogP contribution in [0.5, 0.6) is 5.88 Å². The maximum Gasteiger partial charge on any atom is 0.410 e. The van der Waals surface area contributed by atoms with Crippen molar-refractivity contribution in [3.8, 4) is 5.88 Å². The van der Waals surface area contributed by atoms with Gasteiger partial charge in [-0.3, -0.25) is 0 Å². The molecule has 132 valence electrons. The number of aromatic nitrogens is 2. The van der Waals surface area contributed by atoms with Crippen molar-refractivity contribution in [1.29, 1.82) is 0 Å². The molecule has 1 saturated heterocycles. The van der Waals surface area contributed by atoms with Gasteiger partial charge in [-0.05, 0) is 57.7 Å². The largest absolute Gasteiger partial charge is 0.472 e. The van der Waals surface area contributed by atoms with E-state index >= 15 is 0 Å². The average molecular weight is 341 g/mol. The Morgan fingerprint density at radius 2 is 2.08 bits per heavy atom. The summed E-state index contributed by atoms with van der Waals surface area (Å²) in [6, 6.07) is 7.75. The molecule has 0 N–H and O–H groups in total. The number of carbonyl (C=O) groups excluding carboxylic acids is 1. The zero-order valence-corrected chi connectivity index (χ0v) is 14.8. The number of ether oxygens (including phenoxy) is 2. The van der Waals surface area contributed by atoms with Crippen LogP contribution in [0, 0.1) is 5.92 Å². The number of rotatable bonds is 2. The van der Waals surface area contributed by atoms with E-state index in [4.69, 9.17) is 9.47 Å². The fraction of sp³-hybridized carbons (Fsp3) is 0.526. The fourth-order valence-electron chi connectivity index (χ4n) is 3.78. The Kier molecular flexibility index (Phi) is 3.78. The molecule has 0 aromatic carbocycles. The van der Waals surface area contributed by atoms with Crippen LogP contribution in [0.3, 0.4) is 0 Å². The Morgan fingerprint density at radius 3 is 2.84 bits per heavy atom. The molecule has 2 aliphatic rings. The number of carbonyl (C=O) groups is 1. The lowest BCUT2D eigenvalue weighted by Gasteiger charge is -2.34. The van der Waals surface area contributed by atoms with E-state index in [1.807, 2.05) is 49.9 Å². The van der Waals surface area contributed by atoms with E-state index in [1.54, 1.807) is 6.20 Å². The lowest BCUT2D eigenvalue weighted by atomic mass is 10.1. The number of nitrogens with zero attached hydrogens (tertiary/aromatic N) is 3. The van der Waals surface area contributed by atoms with Gasteiger partial charge in [0.05, 0.1) is 6.04 Å². The summed E-state index contributed by atoms with van der Waals surface area (Å²) < 4.78 is 11.7. The topological polar surface area (TPSA) is 64.5 Å². The highest BCUT2D eigenvalue weighted by Gasteiger charge is 2.49. The Bertz CT molecular complexity index is 802. The van der Waals surface area contributed by atoms with Crippen molar-refractivity contribution >= 4 is 17.1 Å². The van der Waals surface area contributed by atoms with Crippen molar-refractivity contribution in [2.45, 2.75) is 51.4 Å².